The zero-order valence-electron chi connectivity index (χ0n) is 9.09. The van der Waals surface area contributed by atoms with Crippen LogP contribution in [-0.4, -0.2) is 39.0 Å². The Morgan fingerprint density at radius 2 is 2.15 bits per heavy atom. The van der Waals surface area contributed by atoms with Gasteiger partial charge in [-0.1, -0.05) is 20.8 Å². The van der Waals surface area contributed by atoms with E-state index >= 15 is 0 Å². The van der Waals surface area contributed by atoms with Gasteiger partial charge in [0.1, 0.15) is 0 Å². The Balaban J connectivity index is 2.30. The van der Waals surface area contributed by atoms with Crippen molar-refractivity contribution in [1.29, 1.82) is 0 Å². The van der Waals surface area contributed by atoms with Crippen LogP contribution in [0.1, 0.15) is 20.8 Å². The summed E-state index contributed by atoms with van der Waals surface area (Å²) < 4.78 is 10.7. The van der Waals surface area contributed by atoms with E-state index in [9.17, 15) is 0 Å². The average Bonchev–Trinajstić information content (AvgIpc) is 2.04. The maximum Gasteiger partial charge on any atom is 0.0933 e. The molecule has 1 aliphatic rings. The lowest BCUT2D eigenvalue weighted by atomic mass is 9.86. The van der Waals surface area contributed by atoms with E-state index in [1.807, 2.05) is 0 Å². The van der Waals surface area contributed by atoms with Gasteiger partial charge in [-0.3, -0.25) is 0 Å². The SMILES string of the molecule is COCC1CNC(C(C)(C)C)CO1. The van der Waals surface area contributed by atoms with Gasteiger partial charge in [0.15, 0.2) is 0 Å². The molecule has 1 rings (SSSR count). The second-order valence-electron chi connectivity index (χ2n) is 4.74. The van der Waals surface area contributed by atoms with Crippen molar-refractivity contribution in [3.05, 3.63) is 0 Å². The molecule has 1 saturated heterocycles. The van der Waals surface area contributed by atoms with Crippen LogP contribution >= 0.6 is 0 Å². The van der Waals surface area contributed by atoms with E-state index in [2.05, 4.69) is 26.1 Å². The zero-order valence-corrected chi connectivity index (χ0v) is 9.09. The van der Waals surface area contributed by atoms with E-state index in [4.69, 9.17) is 9.47 Å². The number of morpholine rings is 1. The van der Waals surface area contributed by atoms with Gasteiger partial charge in [-0.2, -0.15) is 0 Å². The third-order valence-corrected chi connectivity index (χ3v) is 2.49. The topological polar surface area (TPSA) is 30.5 Å². The van der Waals surface area contributed by atoms with E-state index in [0.29, 0.717) is 12.6 Å². The summed E-state index contributed by atoms with van der Waals surface area (Å²) in [5.41, 5.74) is 0.276. The smallest absolute Gasteiger partial charge is 0.0933 e. The molecule has 0 saturated carbocycles. The van der Waals surface area contributed by atoms with E-state index in [0.717, 1.165) is 13.2 Å². The first kappa shape index (κ1) is 11.0. The normalized spacial score (nSPS) is 30.5. The first-order chi connectivity index (χ1) is 6.04. The van der Waals surface area contributed by atoms with Crippen LogP contribution in [0.4, 0.5) is 0 Å². The summed E-state index contributed by atoms with van der Waals surface area (Å²) in [6.07, 6.45) is 0.226. The van der Waals surface area contributed by atoms with Crippen molar-refractivity contribution in [2.75, 3.05) is 26.9 Å². The van der Waals surface area contributed by atoms with Crippen molar-refractivity contribution in [2.45, 2.75) is 32.9 Å². The number of rotatable bonds is 2. The molecule has 13 heavy (non-hydrogen) atoms. The lowest BCUT2D eigenvalue weighted by Gasteiger charge is -2.37. The fourth-order valence-electron chi connectivity index (χ4n) is 1.47. The molecular weight excluding hydrogens is 166 g/mol. The maximum absolute atomic E-state index is 5.67. The van der Waals surface area contributed by atoms with E-state index in [1.54, 1.807) is 7.11 Å². The lowest BCUT2D eigenvalue weighted by Crippen LogP contribution is -2.53. The van der Waals surface area contributed by atoms with Crippen LogP contribution in [0.15, 0.2) is 0 Å². The van der Waals surface area contributed by atoms with Crippen LogP contribution in [0.25, 0.3) is 0 Å². The molecule has 0 bridgehead atoms. The van der Waals surface area contributed by atoms with Crippen LogP contribution in [0.2, 0.25) is 0 Å². The number of methoxy groups -OCH3 is 1. The number of hydrogen-bond acceptors (Lipinski definition) is 3. The van der Waals surface area contributed by atoms with Crippen molar-refractivity contribution in [2.24, 2.45) is 5.41 Å². The molecule has 0 radical (unpaired) electrons. The molecule has 1 fully saturated rings. The third-order valence-electron chi connectivity index (χ3n) is 2.49. The van der Waals surface area contributed by atoms with Crippen molar-refractivity contribution in [1.82, 2.24) is 5.32 Å². The van der Waals surface area contributed by atoms with Gasteiger partial charge in [-0.15, -0.1) is 0 Å². The van der Waals surface area contributed by atoms with Crippen LogP contribution < -0.4 is 5.32 Å². The molecule has 78 valence electrons. The highest BCUT2D eigenvalue weighted by Gasteiger charge is 2.29. The molecule has 3 heteroatoms. The first-order valence-corrected chi connectivity index (χ1v) is 4.88. The fraction of sp³-hybridized carbons (Fsp3) is 1.00. The molecule has 1 heterocycles. The minimum absolute atomic E-state index is 0.226. The standard InChI is InChI=1S/C10H21NO2/c1-10(2,3)9-7-13-8(5-11-9)6-12-4/h8-9,11H,5-7H2,1-4H3. The van der Waals surface area contributed by atoms with E-state index in [-0.39, 0.29) is 11.5 Å². The summed E-state index contributed by atoms with van der Waals surface area (Å²) in [6.45, 7) is 9.05. The predicted molar refractivity (Wildman–Crippen MR) is 52.9 cm³/mol. The fourth-order valence-corrected chi connectivity index (χ4v) is 1.47. The summed E-state index contributed by atoms with van der Waals surface area (Å²) in [5, 5.41) is 3.49. The Labute approximate surface area is 80.8 Å². The number of hydrogen-bond donors (Lipinski definition) is 1. The Hall–Kier alpha value is -0.120. The van der Waals surface area contributed by atoms with Gasteiger partial charge < -0.3 is 14.8 Å². The van der Waals surface area contributed by atoms with E-state index in [1.165, 1.54) is 0 Å². The first-order valence-electron chi connectivity index (χ1n) is 4.88. The quantitative estimate of drug-likeness (QED) is 0.700. The second-order valence-corrected chi connectivity index (χ2v) is 4.74. The highest BCUT2D eigenvalue weighted by Crippen LogP contribution is 2.21. The Kier molecular flexibility index (Phi) is 3.71. The zero-order chi connectivity index (χ0) is 9.90. The molecule has 0 aliphatic carbocycles. The lowest BCUT2D eigenvalue weighted by molar-refractivity contribution is -0.0529. The summed E-state index contributed by atoms with van der Waals surface area (Å²) in [6, 6.07) is 0.459. The van der Waals surface area contributed by atoms with Gasteiger partial charge in [0.2, 0.25) is 0 Å². The molecule has 0 spiro atoms. The van der Waals surface area contributed by atoms with E-state index < -0.39 is 0 Å². The summed E-state index contributed by atoms with van der Waals surface area (Å²) in [5.74, 6) is 0. The molecule has 1 N–H and O–H groups in total. The van der Waals surface area contributed by atoms with Gasteiger partial charge in [-0.25, -0.2) is 0 Å². The monoisotopic (exact) mass is 187 g/mol. The van der Waals surface area contributed by atoms with Crippen molar-refractivity contribution in [3.8, 4) is 0 Å². The molecule has 2 atom stereocenters. The highest BCUT2D eigenvalue weighted by molar-refractivity contribution is 4.84. The van der Waals surface area contributed by atoms with Crippen LogP contribution in [0.5, 0.6) is 0 Å². The van der Waals surface area contributed by atoms with Crippen LogP contribution in [0.3, 0.4) is 0 Å². The van der Waals surface area contributed by atoms with Gasteiger partial charge in [0.25, 0.3) is 0 Å². The molecule has 0 aromatic rings. The minimum Gasteiger partial charge on any atom is -0.382 e. The Morgan fingerprint density at radius 1 is 1.46 bits per heavy atom. The minimum atomic E-state index is 0.226. The second kappa shape index (κ2) is 4.40. The van der Waals surface area contributed by atoms with Crippen molar-refractivity contribution >= 4 is 0 Å². The van der Waals surface area contributed by atoms with Crippen LogP contribution in [-0.2, 0) is 9.47 Å². The molecule has 1 aliphatic heterocycles. The number of nitrogens with one attached hydrogen (secondary N) is 1. The average molecular weight is 187 g/mol. The molecular formula is C10H21NO2. The predicted octanol–water partition coefficient (Wildman–Crippen LogP) is 1.04. The molecule has 3 nitrogen and oxygen atoms in total. The molecule has 0 aromatic heterocycles. The largest absolute Gasteiger partial charge is 0.382 e. The van der Waals surface area contributed by atoms with Crippen LogP contribution in [0, 0.1) is 5.41 Å². The Morgan fingerprint density at radius 3 is 2.54 bits per heavy atom. The highest BCUT2D eigenvalue weighted by atomic mass is 16.5. The summed E-state index contributed by atoms with van der Waals surface area (Å²) in [7, 11) is 1.71. The van der Waals surface area contributed by atoms with Gasteiger partial charge in [-0.05, 0) is 5.41 Å². The number of ether oxygens (including phenoxy) is 2. The maximum atomic E-state index is 5.67. The molecule has 0 aromatic carbocycles. The van der Waals surface area contributed by atoms with Gasteiger partial charge in [0.05, 0.1) is 19.3 Å². The Bertz CT molecular complexity index is 145. The third kappa shape index (κ3) is 3.25. The van der Waals surface area contributed by atoms with Gasteiger partial charge in [0, 0.05) is 19.7 Å². The van der Waals surface area contributed by atoms with Gasteiger partial charge >= 0.3 is 0 Å². The molecule has 0 amide bonds. The summed E-state index contributed by atoms with van der Waals surface area (Å²) in [4.78, 5) is 0. The van der Waals surface area contributed by atoms with Crippen molar-refractivity contribution in [3.63, 3.8) is 0 Å². The summed E-state index contributed by atoms with van der Waals surface area (Å²) >= 11 is 0. The molecule has 2 unspecified atom stereocenters. The van der Waals surface area contributed by atoms with Crippen molar-refractivity contribution < 1.29 is 9.47 Å².